The van der Waals surface area contributed by atoms with Gasteiger partial charge in [0.25, 0.3) is 0 Å². The Kier molecular flexibility index (Phi) is 5.31. The number of sulfonamides is 1. The lowest BCUT2D eigenvalue weighted by molar-refractivity contribution is 0.337. The van der Waals surface area contributed by atoms with Gasteiger partial charge in [-0.15, -0.1) is 0 Å². The van der Waals surface area contributed by atoms with E-state index in [1.165, 1.54) is 10.4 Å². The van der Waals surface area contributed by atoms with Crippen molar-refractivity contribution in [2.75, 3.05) is 6.54 Å². The molecule has 164 valence electrons. The SMILES string of the molecule is Cc1cc(-c2ccc3oc([C@@H]4CCCN4S(=O)(=O)Cc4ccccc4)nc3c2)ccc1F. The van der Waals surface area contributed by atoms with E-state index in [0.29, 0.717) is 35.5 Å². The molecule has 5 nitrogen and oxygen atoms in total. The Labute approximate surface area is 186 Å². The number of hydrogen-bond donors (Lipinski definition) is 0. The Morgan fingerprint density at radius 3 is 2.59 bits per heavy atom. The number of aromatic nitrogens is 1. The molecule has 0 unspecified atom stereocenters. The molecule has 5 rings (SSSR count). The minimum absolute atomic E-state index is 0.0430. The summed E-state index contributed by atoms with van der Waals surface area (Å²) in [4.78, 5) is 4.64. The summed E-state index contributed by atoms with van der Waals surface area (Å²) in [5, 5.41) is 0. The summed E-state index contributed by atoms with van der Waals surface area (Å²) in [5.74, 6) is 0.136. The van der Waals surface area contributed by atoms with E-state index < -0.39 is 16.1 Å². The predicted molar refractivity (Wildman–Crippen MR) is 122 cm³/mol. The van der Waals surface area contributed by atoms with Crippen LogP contribution in [0.1, 0.15) is 35.9 Å². The third kappa shape index (κ3) is 3.94. The fourth-order valence-electron chi connectivity index (χ4n) is 4.28. The van der Waals surface area contributed by atoms with E-state index in [-0.39, 0.29) is 11.6 Å². The second-order valence-corrected chi connectivity index (χ2v) is 10.1. The van der Waals surface area contributed by atoms with E-state index in [0.717, 1.165) is 23.1 Å². The van der Waals surface area contributed by atoms with Crippen molar-refractivity contribution in [2.45, 2.75) is 31.6 Å². The van der Waals surface area contributed by atoms with E-state index in [2.05, 4.69) is 4.98 Å². The summed E-state index contributed by atoms with van der Waals surface area (Å²) in [5.41, 5.74) is 4.40. The maximum atomic E-state index is 13.6. The zero-order valence-corrected chi connectivity index (χ0v) is 18.5. The van der Waals surface area contributed by atoms with Crippen molar-refractivity contribution in [2.24, 2.45) is 0 Å². The van der Waals surface area contributed by atoms with Gasteiger partial charge in [-0.2, -0.15) is 4.31 Å². The molecule has 0 radical (unpaired) electrons. The summed E-state index contributed by atoms with van der Waals surface area (Å²) >= 11 is 0. The minimum Gasteiger partial charge on any atom is -0.439 e. The van der Waals surface area contributed by atoms with Gasteiger partial charge in [-0.1, -0.05) is 42.5 Å². The van der Waals surface area contributed by atoms with Crippen molar-refractivity contribution in [1.82, 2.24) is 9.29 Å². The molecule has 0 spiro atoms. The molecule has 4 aromatic rings. The third-order valence-corrected chi connectivity index (χ3v) is 7.78. The summed E-state index contributed by atoms with van der Waals surface area (Å²) in [6.07, 6.45) is 1.43. The highest BCUT2D eigenvalue weighted by molar-refractivity contribution is 7.88. The molecule has 2 heterocycles. The van der Waals surface area contributed by atoms with Crippen molar-refractivity contribution < 1.29 is 17.2 Å². The van der Waals surface area contributed by atoms with Gasteiger partial charge < -0.3 is 4.42 Å². The number of halogens is 1. The Balaban J connectivity index is 1.45. The van der Waals surface area contributed by atoms with Crippen molar-refractivity contribution in [3.63, 3.8) is 0 Å². The molecule has 1 saturated heterocycles. The molecule has 0 bridgehead atoms. The van der Waals surface area contributed by atoms with Crippen molar-refractivity contribution >= 4 is 21.1 Å². The fourth-order valence-corrected chi connectivity index (χ4v) is 6.05. The topological polar surface area (TPSA) is 63.4 Å². The van der Waals surface area contributed by atoms with Gasteiger partial charge in [0.05, 0.1) is 5.75 Å². The maximum absolute atomic E-state index is 13.6. The normalized spacial score (nSPS) is 17.2. The number of nitrogens with zero attached hydrogens (tertiary/aromatic N) is 2. The second kappa shape index (κ2) is 8.15. The van der Waals surface area contributed by atoms with Gasteiger partial charge in [-0.3, -0.25) is 0 Å². The van der Waals surface area contributed by atoms with Crippen LogP contribution in [0, 0.1) is 12.7 Å². The average molecular weight is 451 g/mol. The fraction of sp³-hybridized carbons (Fsp3) is 0.240. The number of oxazole rings is 1. The first-order valence-electron chi connectivity index (χ1n) is 10.6. The molecular formula is C25H23FN2O3S. The lowest BCUT2D eigenvalue weighted by Gasteiger charge is -2.21. The quantitative estimate of drug-likeness (QED) is 0.397. The van der Waals surface area contributed by atoms with Crippen LogP contribution in [0.15, 0.2) is 71.1 Å². The molecule has 1 fully saturated rings. The summed E-state index contributed by atoms with van der Waals surface area (Å²) in [7, 11) is -3.51. The number of hydrogen-bond acceptors (Lipinski definition) is 4. The average Bonchev–Trinajstić information content (AvgIpc) is 3.43. The molecule has 0 amide bonds. The molecular weight excluding hydrogens is 427 g/mol. The van der Waals surface area contributed by atoms with E-state index in [1.54, 1.807) is 19.1 Å². The minimum atomic E-state index is -3.51. The van der Waals surface area contributed by atoms with Crippen LogP contribution in [0.25, 0.3) is 22.2 Å². The number of aryl methyl sites for hydroxylation is 1. The summed E-state index contributed by atoms with van der Waals surface area (Å²) in [6, 6.07) is 19.4. The van der Waals surface area contributed by atoms with Crippen molar-refractivity contribution in [1.29, 1.82) is 0 Å². The number of fused-ring (bicyclic) bond motifs is 1. The van der Waals surface area contributed by atoms with E-state index >= 15 is 0 Å². The smallest absolute Gasteiger partial charge is 0.219 e. The van der Waals surface area contributed by atoms with Gasteiger partial charge >= 0.3 is 0 Å². The van der Waals surface area contributed by atoms with Crippen LogP contribution in [0.3, 0.4) is 0 Å². The van der Waals surface area contributed by atoms with Crippen LogP contribution in [0.4, 0.5) is 4.39 Å². The predicted octanol–water partition coefficient (Wildman–Crippen LogP) is 5.61. The van der Waals surface area contributed by atoms with Gasteiger partial charge in [0.2, 0.25) is 15.9 Å². The Morgan fingerprint density at radius 1 is 1.06 bits per heavy atom. The molecule has 1 atom stereocenters. The van der Waals surface area contributed by atoms with Gasteiger partial charge in [0, 0.05) is 6.54 Å². The molecule has 1 aromatic heterocycles. The first kappa shape index (κ1) is 20.8. The summed E-state index contributed by atoms with van der Waals surface area (Å²) < 4.78 is 47.4. The van der Waals surface area contributed by atoms with Crippen molar-refractivity contribution in [3.05, 3.63) is 89.6 Å². The van der Waals surface area contributed by atoms with Crippen LogP contribution in [0.2, 0.25) is 0 Å². The molecule has 3 aromatic carbocycles. The van der Waals surface area contributed by atoms with Gasteiger partial charge in [-0.25, -0.2) is 17.8 Å². The number of rotatable bonds is 5. The van der Waals surface area contributed by atoms with Crippen LogP contribution in [-0.4, -0.2) is 24.3 Å². The highest BCUT2D eigenvalue weighted by Crippen LogP contribution is 2.37. The number of benzene rings is 3. The molecule has 1 aliphatic heterocycles. The third-order valence-electron chi connectivity index (χ3n) is 5.93. The first-order chi connectivity index (χ1) is 15.4. The van der Waals surface area contributed by atoms with Crippen LogP contribution < -0.4 is 0 Å². The zero-order valence-electron chi connectivity index (χ0n) is 17.7. The van der Waals surface area contributed by atoms with Crippen LogP contribution in [0.5, 0.6) is 0 Å². The van der Waals surface area contributed by atoms with E-state index in [1.807, 2.05) is 48.5 Å². The zero-order chi connectivity index (χ0) is 22.3. The molecule has 1 aliphatic rings. The van der Waals surface area contributed by atoms with Gasteiger partial charge in [0.1, 0.15) is 17.4 Å². The molecule has 32 heavy (non-hydrogen) atoms. The molecule has 0 aliphatic carbocycles. The molecule has 0 saturated carbocycles. The first-order valence-corrected chi connectivity index (χ1v) is 12.2. The Bertz CT molecular complexity index is 1380. The monoisotopic (exact) mass is 450 g/mol. The van der Waals surface area contributed by atoms with Crippen LogP contribution in [-0.2, 0) is 15.8 Å². The van der Waals surface area contributed by atoms with Gasteiger partial charge in [0.15, 0.2) is 5.58 Å². The largest absolute Gasteiger partial charge is 0.439 e. The molecule has 0 N–H and O–H groups in total. The maximum Gasteiger partial charge on any atom is 0.219 e. The molecule has 7 heteroatoms. The van der Waals surface area contributed by atoms with E-state index in [9.17, 15) is 12.8 Å². The highest BCUT2D eigenvalue weighted by atomic mass is 32.2. The van der Waals surface area contributed by atoms with Crippen LogP contribution >= 0.6 is 0 Å². The second-order valence-electron chi connectivity index (χ2n) is 8.21. The standard InChI is InChI=1S/C25H23FN2O3S/c1-17-14-19(9-11-21(17)26)20-10-12-24-22(15-20)27-25(31-24)23-8-5-13-28(23)32(29,30)16-18-6-3-2-4-7-18/h2-4,6-7,9-12,14-15,23H,5,8,13,16H2,1H3/t23-/m0/s1. The summed E-state index contributed by atoms with van der Waals surface area (Å²) in [6.45, 7) is 2.19. The van der Waals surface area contributed by atoms with Gasteiger partial charge in [-0.05, 0) is 66.3 Å². The lowest BCUT2D eigenvalue weighted by atomic mass is 10.0. The Morgan fingerprint density at radius 2 is 1.81 bits per heavy atom. The lowest BCUT2D eigenvalue weighted by Crippen LogP contribution is -2.31. The Hall–Kier alpha value is -3.03. The highest BCUT2D eigenvalue weighted by Gasteiger charge is 2.38. The van der Waals surface area contributed by atoms with E-state index in [4.69, 9.17) is 4.42 Å². The van der Waals surface area contributed by atoms with Crippen molar-refractivity contribution in [3.8, 4) is 11.1 Å².